The summed E-state index contributed by atoms with van der Waals surface area (Å²) in [4.78, 5) is 0. The summed E-state index contributed by atoms with van der Waals surface area (Å²) in [7, 11) is 0. The zero-order valence-electron chi connectivity index (χ0n) is 10.6. The maximum atomic E-state index is 13.9. The quantitative estimate of drug-likeness (QED) is 0.769. The van der Waals surface area contributed by atoms with E-state index in [4.69, 9.17) is 0 Å². The maximum Gasteiger partial charge on any atom is 0.436 e. The Kier molecular flexibility index (Phi) is 3.43. The molecule has 0 amide bonds. The van der Waals surface area contributed by atoms with Crippen molar-refractivity contribution in [3.05, 3.63) is 45.8 Å². The highest BCUT2D eigenvalue weighted by atomic mass is 79.9. The molecule has 0 bridgehead atoms. The van der Waals surface area contributed by atoms with Crippen molar-refractivity contribution in [1.29, 1.82) is 0 Å². The molecule has 0 radical (unpaired) electrons. The number of aromatic nitrogens is 2. The van der Waals surface area contributed by atoms with Crippen LogP contribution in [0, 0.1) is 5.82 Å². The van der Waals surface area contributed by atoms with E-state index in [0.29, 0.717) is 18.5 Å². The third-order valence-corrected chi connectivity index (χ3v) is 4.14. The van der Waals surface area contributed by atoms with Crippen molar-refractivity contribution in [3.8, 4) is 0 Å². The van der Waals surface area contributed by atoms with E-state index >= 15 is 0 Å². The minimum Gasteiger partial charge on any atom is -0.369 e. The topological polar surface area (TPSA) is 29.9 Å². The van der Waals surface area contributed by atoms with E-state index in [1.165, 1.54) is 10.7 Å². The van der Waals surface area contributed by atoms with Crippen molar-refractivity contribution < 1.29 is 17.6 Å². The summed E-state index contributed by atoms with van der Waals surface area (Å²) in [5.41, 5.74) is -0.669. The SMILES string of the molecule is Fc1ccccc1C1CCNc2c(Br)c(C(F)(F)F)nn21. The van der Waals surface area contributed by atoms with Gasteiger partial charge in [0.15, 0.2) is 5.69 Å². The third-order valence-electron chi connectivity index (χ3n) is 3.39. The highest BCUT2D eigenvalue weighted by molar-refractivity contribution is 9.10. The van der Waals surface area contributed by atoms with Gasteiger partial charge in [0.2, 0.25) is 0 Å². The van der Waals surface area contributed by atoms with Gasteiger partial charge in [-0.05, 0) is 28.4 Å². The zero-order chi connectivity index (χ0) is 15.2. The van der Waals surface area contributed by atoms with Gasteiger partial charge in [-0.1, -0.05) is 18.2 Å². The number of nitrogens with one attached hydrogen (secondary N) is 1. The molecule has 2 heterocycles. The molecule has 3 rings (SSSR count). The first kappa shape index (κ1) is 14.4. The molecule has 1 aromatic heterocycles. The first-order valence-corrected chi connectivity index (χ1v) is 7.02. The highest BCUT2D eigenvalue weighted by Gasteiger charge is 2.40. The minimum absolute atomic E-state index is 0.143. The van der Waals surface area contributed by atoms with Gasteiger partial charge in [0.05, 0.1) is 10.5 Å². The van der Waals surface area contributed by atoms with Gasteiger partial charge >= 0.3 is 6.18 Å². The summed E-state index contributed by atoms with van der Waals surface area (Å²) in [5.74, 6) is -0.225. The van der Waals surface area contributed by atoms with Crippen LogP contribution in [0.15, 0.2) is 28.7 Å². The summed E-state index contributed by atoms with van der Waals surface area (Å²) < 4.78 is 53.8. The lowest BCUT2D eigenvalue weighted by Crippen LogP contribution is -2.25. The maximum absolute atomic E-state index is 13.9. The Labute approximate surface area is 126 Å². The van der Waals surface area contributed by atoms with Gasteiger partial charge < -0.3 is 5.32 Å². The van der Waals surface area contributed by atoms with Crippen LogP contribution >= 0.6 is 15.9 Å². The Morgan fingerprint density at radius 2 is 2.00 bits per heavy atom. The van der Waals surface area contributed by atoms with E-state index in [1.807, 2.05) is 0 Å². The van der Waals surface area contributed by atoms with Crippen LogP contribution in [0.5, 0.6) is 0 Å². The van der Waals surface area contributed by atoms with Gasteiger partial charge in [0, 0.05) is 12.1 Å². The number of nitrogens with zero attached hydrogens (tertiary/aromatic N) is 2. The standard InChI is InChI=1S/C13H10BrF4N3/c14-10-11(13(16,17)18)20-21-9(5-6-19-12(10)21)7-3-1-2-4-8(7)15/h1-4,9,19H,5-6H2. The van der Waals surface area contributed by atoms with Crippen LogP contribution in [0.3, 0.4) is 0 Å². The van der Waals surface area contributed by atoms with Crippen molar-refractivity contribution in [2.45, 2.75) is 18.6 Å². The Morgan fingerprint density at radius 3 is 2.67 bits per heavy atom. The second kappa shape index (κ2) is 5.01. The molecule has 0 saturated carbocycles. The molecule has 8 heteroatoms. The molecule has 1 unspecified atom stereocenters. The first-order chi connectivity index (χ1) is 9.89. The van der Waals surface area contributed by atoms with Crippen LogP contribution in [-0.4, -0.2) is 16.3 Å². The fraction of sp³-hybridized carbons (Fsp3) is 0.308. The molecule has 0 fully saturated rings. The lowest BCUT2D eigenvalue weighted by molar-refractivity contribution is -0.142. The summed E-state index contributed by atoms with van der Waals surface area (Å²) in [5, 5.41) is 6.51. The molecular weight excluding hydrogens is 354 g/mol. The Bertz CT molecular complexity index is 681. The molecule has 1 aromatic carbocycles. The van der Waals surface area contributed by atoms with Crippen LogP contribution in [0.25, 0.3) is 0 Å². The van der Waals surface area contributed by atoms with Gasteiger partial charge in [-0.2, -0.15) is 18.3 Å². The number of alkyl halides is 3. The lowest BCUT2D eigenvalue weighted by atomic mass is 10.0. The molecule has 1 N–H and O–H groups in total. The van der Waals surface area contributed by atoms with Crippen molar-refractivity contribution in [2.24, 2.45) is 0 Å². The van der Waals surface area contributed by atoms with Crippen molar-refractivity contribution in [1.82, 2.24) is 9.78 Å². The number of halogens is 5. The van der Waals surface area contributed by atoms with Gasteiger partial charge in [-0.3, -0.25) is 0 Å². The second-order valence-corrected chi connectivity index (χ2v) is 5.50. The molecule has 1 aliphatic rings. The van der Waals surface area contributed by atoms with Crippen LogP contribution in [0.4, 0.5) is 23.4 Å². The van der Waals surface area contributed by atoms with Gasteiger partial charge in [0.1, 0.15) is 11.6 Å². The van der Waals surface area contributed by atoms with Gasteiger partial charge in [-0.15, -0.1) is 0 Å². The molecule has 3 nitrogen and oxygen atoms in total. The number of hydrogen-bond acceptors (Lipinski definition) is 2. The predicted molar refractivity (Wildman–Crippen MR) is 72.6 cm³/mol. The second-order valence-electron chi connectivity index (χ2n) is 4.71. The predicted octanol–water partition coefficient (Wildman–Crippen LogP) is 4.21. The molecule has 0 spiro atoms. The van der Waals surface area contributed by atoms with E-state index in [1.54, 1.807) is 18.2 Å². The Morgan fingerprint density at radius 1 is 1.29 bits per heavy atom. The number of rotatable bonds is 1. The Hall–Kier alpha value is -1.57. The number of benzene rings is 1. The van der Waals surface area contributed by atoms with Crippen LogP contribution < -0.4 is 5.32 Å². The summed E-state index contributed by atoms with van der Waals surface area (Å²) >= 11 is 2.93. The normalized spacial score (nSPS) is 18.2. The summed E-state index contributed by atoms with van der Waals surface area (Å²) in [6, 6.07) is 5.50. The lowest BCUT2D eigenvalue weighted by Gasteiger charge is -2.26. The Balaban J connectivity index is 2.13. The molecule has 0 saturated heterocycles. The van der Waals surface area contributed by atoms with Gasteiger partial charge in [0.25, 0.3) is 0 Å². The van der Waals surface area contributed by atoms with Crippen molar-refractivity contribution in [3.63, 3.8) is 0 Å². The fourth-order valence-corrected chi connectivity index (χ4v) is 3.09. The molecule has 1 aliphatic heterocycles. The van der Waals surface area contributed by atoms with E-state index in [0.717, 1.165) is 0 Å². The van der Waals surface area contributed by atoms with E-state index in [-0.39, 0.29) is 10.3 Å². The molecule has 112 valence electrons. The first-order valence-electron chi connectivity index (χ1n) is 6.23. The third kappa shape index (κ3) is 2.41. The highest BCUT2D eigenvalue weighted by Crippen LogP contribution is 2.42. The summed E-state index contributed by atoms with van der Waals surface area (Å²) in [6.07, 6.45) is -4.11. The largest absolute Gasteiger partial charge is 0.436 e. The number of fused-ring (bicyclic) bond motifs is 1. The fourth-order valence-electron chi connectivity index (χ4n) is 2.46. The van der Waals surface area contributed by atoms with Crippen LogP contribution in [0.1, 0.15) is 23.7 Å². The smallest absolute Gasteiger partial charge is 0.369 e. The van der Waals surface area contributed by atoms with Crippen LogP contribution in [0.2, 0.25) is 0 Å². The van der Waals surface area contributed by atoms with E-state index in [2.05, 4.69) is 26.3 Å². The number of hydrogen-bond donors (Lipinski definition) is 1. The summed E-state index contributed by atoms with van der Waals surface area (Å²) in [6.45, 7) is 0.445. The van der Waals surface area contributed by atoms with Crippen molar-refractivity contribution >= 4 is 21.7 Å². The molecule has 0 aliphatic carbocycles. The average molecular weight is 364 g/mol. The molecule has 21 heavy (non-hydrogen) atoms. The van der Waals surface area contributed by atoms with Crippen molar-refractivity contribution in [2.75, 3.05) is 11.9 Å². The molecule has 1 atom stereocenters. The number of anilines is 1. The van der Waals surface area contributed by atoms with E-state index in [9.17, 15) is 17.6 Å². The zero-order valence-corrected chi connectivity index (χ0v) is 12.2. The molecule has 2 aromatic rings. The monoisotopic (exact) mass is 363 g/mol. The van der Waals surface area contributed by atoms with Crippen LogP contribution in [-0.2, 0) is 6.18 Å². The minimum atomic E-state index is -4.56. The average Bonchev–Trinajstić information content (AvgIpc) is 2.77. The van der Waals surface area contributed by atoms with E-state index < -0.39 is 23.7 Å². The van der Waals surface area contributed by atoms with Gasteiger partial charge in [-0.25, -0.2) is 9.07 Å². The molecular formula is C13H10BrF4N3.